The zero-order chi connectivity index (χ0) is 13.1. The highest BCUT2D eigenvalue weighted by Gasteiger charge is 2.49. The van der Waals surface area contributed by atoms with Crippen LogP contribution in [0.25, 0.3) is 0 Å². The Hall–Kier alpha value is -2.08. The Kier molecular flexibility index (Phi) is 3.47. The third kappa shape index (κ3) is 2.78. The number of nitrogens with one attached hydrogen (secondary N) is 1. The van der Waals surface area contributed by atoms with Crippen LogP contribution in [0.2, 0.25) is 0 Å². The van der Waals surface area contributed by atoms with Gasteiger partial charge in [-0.05, 0) is 17.7 Å². The van der Waals surface area contributed by atoms with Crippen LogP contribution >= 0.6 is 0 Å². The van der Waals surface area contributed by atoms with E-state index in [9.17, 15) is 9.59 Å². The number of hydrogen-bond donors (Lipinski definition) is 2. The van der Waals surface area contributed by atoms with E-state index in [1.807, 2.05) is 12.1 Å². The van der Waals surface area contributed by atoms with Gasteiger partial charge in [0.25, 0.3) is 5.91 Å². The van der Waals surface area contributed by atoms with Gasteiger partial charge in [-0.1, -0.05) is 12.1 Å². The molecule has 6 nitrogen and oxygen atoms in total. The number of methoxy groups -OCH3 is 1. The molecule has 3 N–H and O–H groups in total. The normalized spacial score (nSPS) is 21.2. The highest BCUT2D eigenvalue weighted by atomic mass is 16.6. The Morgan fingerprint density at radius 1 is 1.33 bits per heavy atom. The quantitative estimate of drug-likeness (QED) is 0.693. The molecule has 1 aromatic rings. The summed E-state index contributed by atoms with van der Waals surface area (Å²) in [6, 6.07) is 7.31. The number of primary amides is 1. The lowest BCUT2D eigenvalue weighted by atomic mass is 10.2. The summed E-state index contributed by atoms with van der Waals surface area (Å²) in [5.41, 5.74) is 5.94. The van der Waals surface area contributed by atoms with Crippen molar-refractivity contribution in [1.82, 2.24) is 5.32 Å². The average molecular weight is 250 g/mol. The second-order valence-electron chi connectivity index (χ2n) is 3.95. The Morgan fingerprint density at radius 3 is 2.50 bits per heavy atom. The fourth-order valence-electron chi connectivity index (χ4n) is 1.56. The van der Waals surface area contributed by atoms with E-state index in [2.05, 4.69) is 5.32 Å². The van der Waals surface area contributed by atoms with Crippen LogP contribution in [-0.2, 0) is 20.9 Å². The fourth-order valence-corrected chi connectivity index (χ4v) is 1.56. The van der Waals surface area contributed by atoms with E-state index in [1.54, 1.807) is 19.2 Å². The van der Waals surface area contributed by atoms with Crippen LogP contribution in [-0.4, -0.2) is 31.1 Å². The molecule has 1 saturated heterocycles. The molecule has 0 spiro atoms. The number of benzene rings is 1. The van der Waals surface area contributed by atoms with Crippen LogP contribution < -0.4 is 15.8 Å². The summed E-state index contributed by atoms with van der Waals surface area (Å²) < 4.78 is 9.88. The number of ether oxygens (including phenoxy) is 2. The van der Waals surface area contributed by atoms with Gasteiger partial charge in [0.1, 0.15) is 5.75 Å². The van der Waals surface area contributed by atoms with Crippen molar-refractivity contribution in [3.05, 3.63) is 29.8 Å². The van der Waals surface area contributed by atoms with E-state index in [0.29, 0.717) is 6.54 Å². The topological polar surface area (TPSA) is 93.9 Å². The molecule has 2 amide bonds. The molecule has 1 heterocycles. The Morgan fingerprint density at radius 2 is 2.00 bits per heavy atom. The Bertz CT molecular complexity index is 458. The van der Waals surface area contributed by atoms with Gasteiger partial charge in [0.15, 0.2) is 12.2 Å². The van der Waals surface area contributed by atoms with E-state index in [4.69, 9.17) is 15.2 Å². The lowest BCUT2D eigenvalue weighted by molar-refractivity contribution is -0.123. The molecule has 0 saturated carbocycles. The highest BCUT2D eigenvalue weighted by molar-refractivity contribution is 5.94. The van der Waals surface area contributed by atoms with E-state index in [1.165, 1.54) is 0 Å². The maximum Gasteiger partial charge on any atom is 0.252 e. The summed E-state index contributed by atoms with van der Waals surface area (Å²) in [6.07, 6.45) is -1.51. The number of carbonyl (C=O) groups is 2. The summed E-state index contributed by atoms with van der Waals surface area (Å²) in [5, 5.41) is 2.67. The molecule has 0 bridgehead atoms. The van der Waals surface area contributed by atoms with E-state index < -0.39 is 18.1 Å². The first-order valence-corrected chi connectivity index (χ1v) is 5.47. The summed E-state index contributed by atoms with van der Waals surface area (Å²) in [6.45, 7) is 0.369. The molecule has 18 heavy (non-hydrogen) atoms. The minimum Gasteiger partial charge on any atom is -0.497 e. The SMILES string of the molecule is COc1ccc(CNC(=O)C2OC2C(N)=O)cc1. The van der Waals surface area contributed by atoms with Gasteiger partial charge in [-0.15, -0.1) is 0 Å². The maximum atomic E-state index is 11.5. The molecular formula is C12H14N2O4. The molecular weight excluding hydrogens is 236 g/mol. The zero-order valence-electron chi connectivity index (χ0n) is 9.88. The lowest BCUT2D eigenvalue weighted by Crippen LogP contribution is -2.31. The van der Waals surface area contributed by atoms with Gasteiger partial charge in [-0.25, -0.2) is 0 Å². The van der Waals surface area contributed by atoms with Crippen molar-refractivity contribution in [2.24, 2.45) is 5.73 Å². The first kappa shape index (κ1) is 12.4. The summed E-state index contributed by atoms with van der Waals surface area (Å²) in [4.78, 5) is 22.3. The molecule has 2 atom stereocenters. The number of epoxide rings is 1. The molecule has 1 aliphatic rings. The number of nitrogens with two attached hydrogens (primary N) is 1. The van der Waals surface area contributed by atoms with Crippen molar-refractivity contribution in [1.29, 1.82) is 0 Å². The molecule has 2 unspecified atom stereocenters. The first-order valence-electron chi connectivity index (χ1n) is 5.47. The maximum absolute atomic E-state index is 11.5. The van der Waals surface area contributed by atoms with Crippen LogP contribution in [0.15, 0.2) is 24.3 Å². The first-order chi connectivity index (χ1) is 8.61. The molecule has 0 aromatic heterocycles. The van der Waals surface area contributed by atoms with Gasteiger partial charge in [-0.2, -0.15) is 0 Å². The van der Waals surface area contributed by atoms with Crippen molar-refractivity contribution >= 4 is 11.8 Å². The minimum absolute atomic E-state index is 0.324. The van der Waals surface area contributed by atoms with Crippen LogP contribution in [0.3, 0.4) is 0 Å². The van der Waals surface area contributed by atoms with Gasteiger partial charge < -0.3 is 20.5 Å². The van der Waals surface area contributed by atoms with Crippen molar-refractivity contribution in [3.8, 4) is 5.75 Å². The molecule has 1 fully saturated rings. The van der Waals surface area contributed by atoms with Gasteiger partial charge in [0.05, 0.1) is 7.11 Å². The number of amides is 2. The summed E-state index contributed by atoms with van der Waals surface area (Å²) in [7, 11) is 1.59. The van der Waals surface area contributed by atoms with E-state index in [0.717, 1.165) is 11.3 Å². The van der Waals surface area contributed by atoms with E-state index >= 15 is 0 Å². The zero-order valence-corrected chi connectivity index (χ0v) is 9.88. The third-order valence-corrected chi connectivity index (χ3v) is 2.66. The van der Waals surface area contributed by atoms with Crippen molar-refractivity contribution in [3.63, 3.8) is 0 Å². The number of hydrogen-bond acceptors (Lipinski definition) is 4. The van der Waals surface area contributed by atoms with Gasteiger partial charge in [0, 0.05) is 6.54 Å². The van der Waals surface area contributed by atoms with Crippen molar-refractivity contribution in [2.75, 3.05) is 7.11 Å². The summed E-state index contributed by atoms with van der Waals surface area (Å²) in [5.74, 6) is -0.182. The molecule has 1 aromatic carbocycles. The minimum atomic E-state index is -0.777. The van der Waals surface area contributed by atoms with Crippen LogP contribution in [0.1, 0.15) is 5.56 Å². The van der Waals surface area contributed by atoms with Crippen LogP contribution in [0.5, 0.6) is 5.75 Å². The van der Waals surface area contributed by atoms with Crippen molar-refractivity contribution < 1.29 is 19.1 Å². The van der Waals surface area contributed by atoms with Gasteiger partial charge in [0.2, 0.25) is 5.91 Å². The smallest absolute Gasteiger partial charge is 0.252 e. The molecule has 1 aliphatic heterocycles. The average Bonchev–Trinajstić information content (AvgIpc) is 3.17. The van der Waals surface area contributed by atoms with Crippen LogP contribution in [0, 0.1) is 0 Å². The number of carbonyl (C=O) groups excluding carboxylic acids is 2. The largest absolute Gasteiger partial charge is 0.497 e. The predicted molar refractivity (Wildman–Crippen MR) is 62.7 cm³/mol. The standard InChI is InChI=1S/C12H14N2O4/c1-17-8-4-2-7(3-5-8)6-14-12(16)10-9(18-10)11(13)15/h2-5,9-10H,6H2,1H3,(H2,13,15)(H,14,16). The third-order valence-electron chi connectivity index (χ3n) is 2.66. The van der Waals surface area contributed by atoms with Gasteiger partial charge in [-0.3, -0.25) is 9.59 Å². The molecule has 6 heteroatoms. The lowest BCUT2D eigenvalue weighted by Gasteiger charge is -2.04. The van der Waals surface area contributed by atoms with E-state index in [-0.39, 0.29) is 5.91 Å². The predicted octanol–water partition coefficient (Wildman–Crippen LogP) is -0.436. The molecule has 2 rings (SSSR count). The second kappa shape index (κ2) is 5.05. The van der Waals surface area contributed by atoms with Crippen LogP contribution in [0.4, 0.5) is 0 Å². The molecule has 96 valence electrons. The van der Waals surface area contributed by atoms with Crippen molar-refractivity contribution in [2.45, 2.75) is 18.8 Å². The highest BCUT2D eigenvalue weighted by Crippen LogP contribution is 2.21. The molecule has 0 radical (unpaired) electrons. The monoisotopic (exact) mass is 250 g/mol. The van der Waals surface area contributed by atoms with Gasteiger partial charge >= 0.3 is 0 Å². The fraction of sp³-hybridized carbons (Fsp3) is 0.333. The summed E-state index contributed by atoms with van der Waals surface area (Å²) >= 11 is 0. The second-order valence-corrected chi connectivity index (χ2v) is 3.95. The number of rotatable bonds is 5. The Labute approximate surface area is 104 Å². The molecule has 0 aliphatic carbocycles. The Balaban J connectivity index is 1.81.